The lowest BCUT2D eigenvalue weighted by atomic mass is 9.74. The van der Waals surface area contributed by atoms with E-state index in [0.29, 0.717) is 30.1 Å². The molecule has 0 atom stereocenters. The number of halogens is 5. The minimum absolute atomic E-state index is 0. The van der Waals surface area contributed by atoms with E-state index < -0.39 is 21.5 Å². The number of rotatable bonds is 7. The van der Waals surface area contributed by atoms with E-state index in [2.05, 4.69) is 15.2 Å². The van der Waals surface area contributed by atoms with Gasteiger partial charge in [0.2, 0.25) is 10.9 Å². The lowest BCUT2D eigenvalue weighted by molar-refractivity contribution is -0.0891. The average molecular weight is 587 g/mol. The number of carbonyl (C=O) groups excluding carboxylic acids is 1. The Hall–Kier alpha value is -1.37. The SMILES string of the molecule is Cl.Cn1cc(S(=O)(=O)N2CCN(C3(CCC(=O)c4ccc(Cl)cc4Cl)CCC(F)(F)CC3)CC2)nn1. The van der Waals surface area contributed by atoms with Crippen LogP contribution in [0.3, 0.4) is 0 Å². The zero-order chi connectivity index (χ0) is 25.4. The van der Waals surface area contributed by atoms with Crippen molar-refractivity contribution in [3.63, 3.8) is 0 Å². The number of hydrogen-bond donors (Lipinski definition) is 0. The van der Waals surface area contributed by atoms with Crippen LogP contribution in [0.25, 0.3) is 0 Å². The number of alkyl halides is 2. The molecule has 1 aliphatic carbocycles. The number of aryl methyl sites for hydroxylation is 1. The second kappa shape index (κ2) is 11.2. The molecule has 0 spiro atoms. The molecule has 0 radical (unpaired) electrons. The first-order chi connectivity index (χ1) is 16.4. The zero-order valence-electron chi connectivity index (χ0n) is 19.7. The highest BCUT2D eigenvalue weighted by atomic mass is 35.5. The summed E-state index contributed by atoms with van der Waals surface area (Å²) >= 11 is 12.1. The molecule has 1 saturated heterocycles. The lowest BCUT2D eigenvalue weighted by Crippen LogP contribution is -2.59. The minimum Gasteiger partial charge on any atom is -0.295 e. The van der Waals surface area contributed by atoms with Crippen LogP contribution >= 0.6 is 35.6 Å². The summed E-state index contributed by atoms with van der Waals surface area (Å²) in [5.41, 5.74) is -0.259. The van der Waals surface area contributed by atoms with Gasteiger partial charge < -0.3 is 0 Å². The Morgan fingerprint density at radius 1 is 1.08 bits per heavy atom. The van der Waals surface area contributed by atoms with E-state index in [9.17, 15) is 22.0 Å². The van der Waals surface area contributed by atoms with E-state index >= 15 is 0 Å². The fourth-order valence-corrected chi connectivity index (χ4v) is 6.83. The van der Waals surface area contributed by atoms with Crippen molar-refractivity contribution in [3.8, 4) is 0 Å². The maximum absolute atomic E-state index is 14.1. The third kappa shape index (κ3) is 6.19. The summed E-state index contributed by atoms with van der Waals surface area (Å²) in [6.07, 6.45) is 1.82. The summed E-state index contributed by atoms with van der Waals surface area (Å²) in [4.78, 5) is 15.0. The van der Waals surface area contributed by atoms with E-state index in [-0.39, 0.29) is 73.4 Å². The molecule has 2 heterocycles. The zero-order valence-corrected chi connectivity index (χ0v) is 22.8. The molecule has 4 rings (SSSR count). The molecule has 1 saturated carbocycles. The predicted molar refractivity (Wildman–Crippen MR) is 135 cm³/mol. The number of hydrogen-bond acceptors (Lipinski definition) is 6. The summed E-state index contributed by atoms with van der Waals surface area (Å²) < 4.78 is 56.6. The number of nitrogens with zero attached hydrogens (tertiary/aromatic N) is 5. The smallest absolute Gasteiger partial charge is 0.264 e. The molecule has 0 unspecified atom stereocenters. The molecule has 0 N–H and O–H groups in total. The van der Waals surface area contributed by atoms with Crippen LogP contribution in [-0.2, 0) is 17.1 Å². The summed E-state index contributed by atoms with van der Waals surface area (Å²) in [5.74, 6) is -2.91. The van der Waals surface area contributed by atoms with E-state index in [4.69, 9.17) is 23.2 Å². The van der Waals surface area contributed by atoms with E-state index in [0.717, 1.165) is 0 Å². The van der Waals surface area contributed by atoms with Crippen LogP contribution in [0.15, 0.2) is 29.4 Å². The molecule has 36 heavy (non-hydrogen) atoms. The van der Waals surface area contributed by atoms with Gasteiger partial charge in [-0.05, 0) is 37.5 Å². The van der Waals surface area contributed by atoms with Crippen LogP contribution in [0.1, 0.15) is 48.9 Å². The van der Waals surface area contributed by atoms with Gasteiger partial charge in [-0.1, -0.05) is 28.4 Å². The van der Waals surface area contributed by atoms with Crippen molar-refractivity contribution in [2.24, 2.45) is 7.05 Å². The summed E-state index contributed by atoms with van der Waals surface area (Å²) in [7, 11) is -2.20. The molecule has 2 fully saturated rings. The molecule has 14 heteroatoms. The highest BCUT2D eigenvalue weighted by Gasteiger charge is 2.47. The van der Waals surface area contributed by atoms with Gasteiger partial charge in [0.05, 0.1) is 11.2 Å². The molecular formula is C22H28Cl3F2N5O3S. The number of Topliss-reactive ketones (excluding diaryl/α,β-unsaturated/α-hetero) is 1. The Kier molecular flexibility index (Phi) is 9.05. The second-order valence-corrected chi connectivity index (χ2v) is 12.0. The van der Waals surface area contributed by atoms with E-state index in [1.807, 2.05) is 0 Å². The maximum atomic E-state index is 14.1. The molecule has 0 amide bonds. The predicted octanol–water partition coefficient (Wildman–Crippen LogP) is 4.46. The maximum Gasteiger partial charge on any atom is 0.264 e. The molecule has 2 aromatic rings. The first-order valence-electron chi connectivity index (χ1n) is 11.4. The molecule has 1 aromatic carbocycles. The third-order valence-electron chi connectivity index (χ3n) is 7.06. The monoisotopic (exact) mass is 585 g/mol. The van der Waals surface area contributed by atoms with Crippen molar-refractivity contribution in [3.05, 3.63) is 40.0 Å². The normalized spacial score (nSPS) is 20.6. The highest BCUT2D eigenvalue weighted by molar-refractivity contribution is 7.89. The van der Waals surface area contributed by atoms with Crippen molar-refractivity contribution in [2.75, 3.05) is 26.2 Å². The van der Waals surface area contributed by atoms with Crippen LogP contribution < -0.4 is 0 Å². The van der Waals surface area contributed by atoms with Crippen molar-refractivity contribution in [2.45, 2.75) is 55.0 Å². The third-order valence-corrected chi connectivity index (χ3v) is 9.36. The Morgan fingerprint density at radius 2 is 1.72 bits per heavy atom. The fourth-order valence-electron chi connectivity index (χ4n) is 4.98. The summed E-state index contributed by atoms with van der Waals surface area (Å²) in [6.45, 7) is 1.16. The van der Waals surface area contributed by atoms with Gasteiger partial charge in [-0.15, -0.1) is 17.5 Å². The minimum atomic E-state index is -3.79. The van der Waals surface area contributed by atoms with Gasteiger partial charge in [0.15, 0.2) is 5.78 Å². The number of sulfonamides is 1. The van der Waals surface area contributed by atoms with Gasteiger partial charge in [0, 0.05) is 68.6 Å². The van der Waals surface area contributed by atoms with Crippen molar-refractivity contribution in [1.82, 2.24) is 24.2 Å². The van der Waals surface area contributed by atoms with Crippen molar-refractivity contribution < 1.29 is 22.0 Å². The topological polar surface area (TPSA) is 88.4 Å². The number of ketones is 1. The van der Waals surface area contributed by atoms with Gasteiger partial charge in [0.25, 0.3) is 10.0 Å². The molecule has 200 valence electrons. The molecule has 0 bridgehead atoms. The molecule has 2 aliphatic rings. The number of aromatic nitrogens is 3. The Morgan fingerprint density at radius 3 is 2.28 bits per heavy atom. The van der Waals surface area contributed by atoms with Gasteiger partial charge in [-0.2, -0.15) is 4.31 Å². The molecule has 8 nitrogen and oxygen atoms in total. The van der Waals surface area contributed by atoms with Gasteiger partial charge in [-0.3, -0.25) is 14.4 Å². The largest absolute Gasteiger partial charge is 0.295 e. The van der Waals surface area contributed by atoms with Crippen molar-refractivity contribution in [1.29, 1.82) is 0 Å². The van der Waals surface area contributed by atoms with Crippen LogP contribution in [0, 0.1) is 0 Å². The van der Waals surface area contributed by atoms with Crippen LogP contribution in [0.2, 0.25) is 10.0 Å². The van der Waals surface area contributed by atoms with Gasteiger partial charge in [0.1, 0.15) is 0 Å². The Labute approximate surface area is 225 Å². The highest BCUT2D eigenvalue weighted by Crippen LogP contribution is 2.44. The second-order valence-electron chi connectivity index (χ2n) is 9.25. The van der Waals surface area contributed by atoms with Crippen LogP contribution in [0.5, 0.6) is 0 Å². The Bertz CT molecular complexity index is 1190. The summed E-state index contributed by atoms with van der Waals surface area (Å²) in [5, 5.41) is 7.98. The van der Waals surface area contributed by atoms with E-state index in [1.54, 1.807) is 19.2 Å². The molecular weight excluding hydrogens is 559 g/mol. The van der Waals surface area contributed by atoms with Crippen molar-refractivity contribution >= 4 is 51.4 Å². The van der Waals surface area contributed by atoms with Gasteiger partial charge in [-0.25, -0.2) is 17.2 Å². The standard InChI is InChI=1S/C22H27Cl2F2N5O3S.ClH/c1-29-15-20(27-28-29)35(33,34)31-12-10-30(11-13-31)21(6-8-22(25,26)9-7-21)5-4-19(32)17-3-2-16(23)14-18(17)24;/h2-3,14-15H,4-13H2,1H3;1H. The number of carbonyl (C=O) groups is 1. The quantitative estimate of drug-likeness (QED) is 0.445. The number of piperazine rings is 1. The van der Waals surface area contributed by atoms with E-state index in [1.165, 1.54) is 21.3 Å². The van der Waals surface area contributed by atoms with Crippen LogP contribution in [0.4, 0.5) is 8.78 Å². The molecule has 1 aliphatic heterocycles. The summed E-state index contributed by atoms with van der Waals surface area (Å²) in [6, 6.07) is 4.67. The fraction of sp³-hybridized carbons (Fsp3) is 0.591. The number of benzene rings is 1. The molecule has 1 aromatic heterocycles. The van der Waals surface area contributed by atoms with Gasteiger partial charge >= 0.3 is 0 Å². The van der Waals surface area contributed by atoms with Crippen LogP contribution in [-0.4, -0.2) is 76.0 Å². The lowest BCUT2D eigenvalue weighted by Gasteiger charge is -2.50. The first kappa shape index (κ1) is 29.2. The first-order valence-corrected chi connectivity index (χ1v) is 13.6. The Balaban J connectivity index is 0.00000361. The average Bonchev–Trinajstić information content (AvgIpc) is 3.26.